The van der Waals surface area contributed by atoms with Gasteiger partial charge >= 0.3 is 0 Å². The zero-order valence-corrected chi connectivity index (χ0v) is 17.1. The first-order chi connectivity index (χ1) is 13.3. The van der Waals surface area contributed by atoms with E-state index >= 15 is 0 Å². The van der Waals surface area contributed by atoms with Crippen LogP contribution in [-0.2, 0) is 9.84 Å². The minimum Gasteiger partial charge on any atom is -0.338 e. The molecule has 0 saturated carbocycles. The van der Waals surface area contributed by atoms with E-state index in [9.17, 15) is 22.0 Å². The molecule has 1 atom stereocenters. The molecule has 2 aromatic rings. The first kappa shape index (κ1) is 21.1. The van der Waals surface area contributed by atoms with Gasteiger partial charge in [0.25, 0.3) is 11.7 Å². The molecule has 1 fully saturated rings. The second-order valence-corrected chi connectivity index (χ2v) is 10.1. The van der Waals surface area contributed by atoms with Gasteiger partial charge in [0.05, 0.1) is 16.6 Å². The van der Waals surface area contributed by atoms with Crippen LogP contribution in [0.25, 0.3) is 0 Å². The van der Waals surface area contributed by atoms with Crippen LogP contribution in [0, 0.1) is 0 Å². The Morgan fingerprint density at radius 1 is 1.11 bits per heavy atom. The number of hydrogen-bond donors (Lipinski definition) is 0. The molecule has 150 valence electrons. The largest absolute Gasteiger partial charge is 0.338 e. The molecule has 0 N–H and O–H groups in total. The van der Waals surface area contributed by atoms with Crippen molar-refractivity contribution in [1.82, 2.24) is 4.90 Å². The standard InChI is InChI=1S/C19H18ClF2NO3S2/c20-15-7-3-1-5-13(15)17-9-10-23(11-12-28(17,25)26)18(24)14-6-2-4-8-16(14)27-19(21)22/h1-8,17,19H,9-12H2. The predicted molar refractivity (Wildman–Crippen MR) is 107 cm³/mol. The van der Waals surface area contributed by atoms with Crippen LogP contribution in [0.15, 0.2) is 53.4 Å². The van der Waals surface area contributed by atoms with Gasteiger partial charge in [-0.2, -0.15) is 8.78 Å². The minimum absolute atomic E-state index is 0.00972. The van der Waals surface area contributed by atoms with Crippen LogP contribution in [-0.4, -0.2) is 43.8 Å². The van der Waals surface area contributed by atoms with Crippen molar-refractivity contribution in [1.29, 1.82) is 0 Å². The Balaban J connectivity index is 1.85. The number of alkyl halides is 2. The van der Waals surface area contributed by atoms with Gasteiger partial charge in [-0.25, -0.2) is 8.42 Å². The van der Waals surface area contributed by atoms with Gasteiger partial charge in [0.1, 0.15) is 0 Å². The lowest BCUT2D eigenvalue weighted by atomic mass is 10.1. The zero-order valence-electron chi connectivity index (χ0n) is 14.7. The molecule has 0 bridgehead atoms. The second kappa shape index (κ2) is 8.80. The van der Waals surface area contributed by atoms with Gasteiger partial charge in [0.2, 0.25) is 0 Å². The zero-order chi connectivity index (χ0) is 20.3. The van der Waals surface area contributed by atoms with Crippen molar-refractivity contribution in [3.8, 4) is 0 Å². The van der Waals surface area contributed by atoms with E-state index in [1.165, 1.54) is 17.0 Å². The molecule has 0 radical (unpaired) electrons. The van der Waals surface area contributed by atoms with Gasteiger partial charge in [-0.3, -0.25) is 4.79 Å². The van der Waals surface area contributed by atoms with Crippen LogP contribution in [0.5, 0.6) is 0 Å². The molecule has 1 aliphatic heterocycles. The Morgan fingerprint density at radius 2 is 1.79 bits per heavy atom. The summed E-state index contributed by atoms with van der Waals surface area (Å²) < 4.78 is 51.1. The molecular formula is C19H18ClF2NO3S2. The van der Waals surface area contributed by atoms with E-state index in [0.29, 0.717) is 22.3 Å². The number of benzene rings is 2. The summed E-state index contributed by atoms with van der Waals surface area (Å²) in [6, 6.07) is 12.9. The number of halogens is 3. The summed E-state index contributed by atoms with van der Waals surface area (Å²) in [6.45, 7) is 0.206. The van der Waals surface area contributed by atoms with Crippen LogP contribution >= 0.6 is 23.4 Å². The summed E-state index contributed by atoms with van der Waals surface area (Å²) >= 11 is 6.49. The lowest BCUT2D eigenvalue weighted by Gasteiger charge is -2.21. The van der Waals surface area contributed by atoms with Crippen molar-refractivity contribution >= 4 is 39.1 Å². The van der Waals surface area contributed by atoms with Crippen molar-refractivity contribution in [3.63, 3.8) is 0 Å². The number of carbonyl (C=O) groups is 1. The number of sulfone groups is 1. The van der Waals surface area contributed by atoms with Crippen molar-refractivity contribution in [2.75, 3.05) is 18.8 Å². The predicted octanol–water partition coefficient (Wildman–Crippen LogP) is 4.66. The summed E-state index contributed by atoms with van der Waals surface area (Å²) in [4.78, 5) is 14.5. The smallest absolute Gasteiger partial charge is 0.288 e. The van der Waals surface area contributed by atoms with Crippen LogP contribution in [0.2, 0.25) is 5.02 Å². The average molecular weight is 446 g/mol. The number of rotatable bonds is 4. The van der Waals surface area contributed by atoms with Crippen LogP contribution in [0.1, 0.15) is 27.6 Å². The summed E-state index contributed by atoms with van der Waals surface area (Å²) in [5, 5.41) is -0.431. The van der Waals surface area contributed by atoms with Gasteiger partial charge in [0.15, 0.2) is 9.84 Å². The maximum Gasteiger partial charge on any atom is 0.288 e. The van der Waals surface area contributed by atoms with Crippen LogP contribution < -0.4 is 0 Å². The van der Waals surface area contributed by atoms with E-state index in [4.69, 9.17) is 11.6 Å². The van der Waals surface area contributed by atoms with Gasteiger partial charge in [-0.15, -0.1) is 0 Å². The fourth-order valence-corrected chi connectivity index (χ4v) is 6.02. The Bertz CT molecular complexity index is 969. The van der Waals surface area contributed by atoms with E-state index in [1.54, 1.807) is 36.4 Å². The van der Waals surface area contributed by atoms with Gasteiger partial charge in [-0.05, 0) is 30.2 Å². The summed E-state index contributed by atoms with van der Waals surface area (Å²) in [5.74, 6) is -3.31. The molecule has 28 heavy (non-hydrogen) atoms. The molecule has 3 rings (SSSR count). The molecule has 1 saturated heterocycles. The first-order valence-electron chi connectivity index (χ1n) is 8.58. The maximum atomic E-state index is 12.9. The third kappa shape index (κ3) is 4.67. The molecule has 1 unspecified atom stereocenters. The van der Waals surface area contributed by atoms with Crippen molar-refractivity contribution in [2.24, 2.45) is 0 Å². The Morgan fingerprint density at radius 3 is 2.50 bits per heavy atom. The molecule has 4 nitrogen and oxygen atoms in total. The maximum absolute atomic E-state index is 12.9. The molecular weight excluding hydrogens is 428 g/mol. The van der Waals surface area contributed by atoms with E-state index in [2.05, 4.69) is 0 Å². The normalized spacial score (nSPS) is 19.4. The Kier molecular flexibility index (Phi) is 6.62. The van der Waals surface area contributed by atoms with Crippen LogP contribution in [0.3, 0.4) is 0 Å². The summed E-state index contributed by atoms with van der Waals surface area (Å²) in [5.41, 5.74) is 0.675. The Labute approximate surface area is 171 Å². The second-order valence-electron chi connectivity index (χ2n) is 6.33. The van der Waals surface area contributed by atoms with Crippen molar-refractivity contribution < 1.29 is 22.0 Å². The summed E-state index contributed by atoms with van der Waals surface area (Å²) in [7, 11) is -3.52. The molecule has 2 aromatic carbocycles. The fourth-order valence-electron chi connectivity index (χ4n) is 3.24. The van der Waals surface area contributed by atoms with E-state index in [0.717, 1.165) is 0 Å². The lowest BCUT2D eigenvalue weighted by Crippen LogP contribution is -2.34. The molecule has 0 aliphatic carbocycles. The highest BCUT2D eigenvalue weighted by Crippen LogP contribution is 2.35. The summed E-state index contributed by atoms with van der Waals surface area (Å²) in [6.07, 6.45) is 0.196. The highest BCUT2D eigenvalue weighted by molar-refractivity contribution is 7.99. The van der Waals surface area contributed by atoms with E-state index < -0.39 is 26.8 Å². The molecule has 1 aliphatic rings. The number of nitrogens with zero attached hydrogens (tertiary/aromatic N) is 1. The fraction of sp³-hybridized carbons (Fsp3) is 0.316. The highest BCUT2D eigenvalue weighted by atomic mass is 35.5. The van der Waals surface area contributed by atoms with Gasteiger partial charge in [-0.1, -0.05) is 53.7 Å². The first-order valence-corrected chi connectivity index (χ1v) is 11.6. The number of carbonyl (C=O) groups excluding carboxylic acids is 1. The topological polar surface area (TPSA) is 54.5 Å². The molecule has 0 aromatic heterocycles. The number of hydrogen-bond acceptors (Lipinski definition) is 4. The molecule has 0 spiro atoms. The molecule has 9 heteroatoms. The third-order valence-corrected chi connectivity index (χ3v) is 7.85. The van der Waals surface area contributed by atoms with Crippen molar-refractivity contribution in [2.45, 2.75) is 22.3 Å². The highest BCUT2D eigenvalue weighted by Gasteiger charge is 2.34. The average Bonchev–Trinajstić information content (AvgIpc) is 2.80. The molecule has 1 heterocycles. The Hall–Kier alpha value is -1.64. The van der Waals surface area contributed by atoms with Gasteiger partial charge < -0.3 is 4.90 Å². The van der Waals surface area contributed by atoms with Gasteiger partial charge in [0, 0.05) is 23.0 Å². The van der Waals surface area contributed by atoms with E-state index in [-0.39, 0.29) is 35.7 Å². The minimum atomic E-state index is -3.52. The monoisotopic (exact) mass is 445 g/mol. The van der Waals surface area contributed by atoms with Crippen molar-refractivity contribution in [3.05, 3.63) is 64.7 Å². The SMILES string of the molecule is O=C(c1ccccc1SC(F)F)N1CCC(c2ccccc2Cl)S(=O)(=O)CC1. The number of thioether (sulfide) groups is 1. The third-order valence-electron chi connectivity index (χ3n) is 4.61. The molecule has 1 amide bonds. The van der Waals surface area contributed by atoms with Crippen LogP contribution in [0.4, 0.5) is 8.78 Å². The quantitative estimate of drug-likeness (QED) is 0.642. The van der Waals surface area contributed by atoms with E-state index in [1.807, 2.05) is 0 Å². The lowest BCUT2D eigenvalue weighted by molar-refractivity contribution is 0.0763. The number of amides is 1.